The summed E-state index contributed by atoms with van der Waals surface area (Å²) < 4.78 is 32.2. The van der Waals surface area contributed by atoms with Gasteiger partial charge in [-0.1, -0.05) is 6.07 Å². The molecule has 6 rings (SSSR count). The maximum absolute atomic E-state index is 12.6. The van der Waals surface area contributed by atoms with Crippen LogP contribution < -0.4 is 29.3 Å². The lowest BCUT2D eigenvalue weighted by Crippen LogP contribution is -2.08. The molecular formula is C24H14O8. The molecule has 0 N–H and O–H groups in total. The molecule has 2 aliphatic rings. The van der Waals surface area contributed by atoms with E-state index in [1.54, 1.807) is 54.6 Å². The second kappa shape index (κ2) is 7.05. The molecule has 0 aliphatic carbocycles. The van der Waals surface area contributed by atoms with E-state index in [9.17, 15) is 9.59 Å². The lowest BCUT2D eigenvalue weighted by atomic mass is 10.1. The van der Waals surface area contributed by atoms with E-state index in [1.807, 2.05) is 0 Å². The molecule has 0 saturated heterocycles. The molecule has 0 amide bonds. The Hall–Kier alpha value is -4.46. The third-order valence-corrected chi connectivity index (χ3v) is 5.21. The van der Waals surface area contributed by atoms with Crippen LogP contribution in [0.2, 0.25) is 0 Å². The van der Waals surface area contributed by atoms with Gasteiger partial charge >= 0.3 is 11.6 Å². The average Bonchev–Trinajstić information content (AvgIpc) is 3.46. The SMILES string of the molecule is O=C(Oc1ccc2cc(-c3ccc4c(c3)OCO4)c(=O)oc2c1)c1ccc2c(c1)OCO2. The quantitative estimate of drug-likeness (QED) is 0.272. The highest BCUT2D eigenvalue weighted by Gasteiger charge is 2.19. The maximum atomic E-state index is 12.6. The van der Waals surface area contributed by atoms with Gasteiger partial charge in [-0.15, -0.1) is 0 Å². The Labute approximate surface area is 180 Å². The molecule has 0 fully saturated rings. The number of carbonyl (C=O) groups is 1. The summed E-state index contributed by atoms with van der Waals surface area (Å²) in [5, 5.41) is 0.681. The molecule has 0 bridgehead atoms. The second-order valence-electron chi connectivity index (χ2n) is 7.17. The Kier molecular flexibility index (Phi) is 4.04. The molecule has 4 aromatic rings. The summed E-state index contributed by atoms with van der Waals surface area (Å²) in [5.41, 5.74) is 1.14. The largest absolute Gasteiger partial charge is 0.454 e. The minimum Gasteiger partial charge on any atom is -0.454 e. The van der Waals surface area contributed by atoms with Gasteiger partial charge in [0.15, 0.2) is 23.0 Å². The Bertz CT molecular complexity index is 1450. The van der Waals surface area contributed by atoms with Gasteiger partial charge in [-0.25, -0.2) is 9.59 Å². The topological polar surface area (TPSA) is 93.4 Å². The molecule has 8 nitrogen and oxygen atoms in total. The first-order chi connectivity index (χ1) is 15.6. The first kappa shape index (κ1) is 18.3. The summed E-state index contributed by atoms with van der Waals surface area (Å²) in [6.07, 6.45) is 0. The summed E-state index contributed by atoms with van der Waals surface area (Å²) >= 11 is 0. The van der Waals surface area contributed by atoms with Crippen LogP contribution in [0.3, 0.4) is 0 Å². The van der Waals surface area contributed by atoms with Gasteiger partial charge in [0.25, 0.3) is 0 Å². The molecular weight excluding hydrogens is 416 g/mol. The van der Waals surface area contributed by atoms with Crippen molar-refractivity contribution in [2.24, 2.45) is 0 Å². The van der Waals surface area contributed by atoms with Gasteiger partial charge in [0.05, 0.1) is 11.1 Å². The van der Waals surface area contributed by atoms with Gasteiger partial charge in [0.2, 0.25) is 13.6 Å². The van der Waals surface area contributed by atoms with Crippen LogP contribution in [0.5, 0.6) is 28.7 Å². The predicted octanol–water partition coefficient (Wildman–Crippen LogP) is 4.14. The van der Waals surface area contributed by atoms with E-state index < -0.39 is 11.6 Å². The second-order valence-corrected chi connectivity index (χ2v) is 7.17. The minimum atomic E-state index is -0.568. The third-order valence-electron chi connectivity index (χ3n) is 5.21. The summed E-state index contributed by atoms with van der Waals surface area (Å²) in [7, 11) is 0. The van der Waals surface area contributed by atoms with E-state index in [2.05, 4.69) is 0 Å². The van der Waals surface area contributed by atoms with Crippen LogP contribution in [-0.4, -0.2) is 19.6 Å². The molecule has 0 atom stereocenters. The molecule has 0 radical (unpaired) electrons. The zero-order valence-electron chi connectivity index (χ0n) is 16.5. The number of hydrogen-bond donors (Lipinski definition) is 0. The van der Waals surface area contributed by atoms with Crippen molar-refractivity contribution >= 4 is 16.9 Å². The number of carbonyl (C=O) groups excluding carboxylic acids is 1. The zero-order chi connectivity index (χ0) is 21.7. The summed E-state index contributed by atoms with van der Waals surface area (Å²) in [6.45, 7) is 0.269. The van der Waals surface area contributed by atoms with Crippen molar-refractivity contribution in [2.75, 3.05) is 13.6 Å². The van der Waals surface area contributed by atoms with E-state index in [-0.39, 0.29) is 19.3 Å². The number of benzene rings is 3. The average molecular weight is 430 g/mol. The normalized spacial score (nSPS) is 13.4. The van der Waals surface area contributed by atoms with Gasteiger partial charge in [0.1, 0.15) is 11.3 Å². The standard InChI is InChI=1S/C24H14O8/c25-23(15-3-6-19-22(9-15)30-12-28-19)31-16-4-1-14-7-17(24(26)32-20(14)10-16)13-2-5-18-21(8-13)29-11-27-18/h1-10H,11-12H2. The van der Waals surface area contributed by atoms with Crippen molar-refractivity contribution < 1.29 is 32.9 Å². The first-order valence-electron chi connectivity index (χ1n) is 9.74. The fourth-order valence-electron chi connectivity index (χ4n) is 3.61. The van der Waals surface area contributed by atoms with Crippen LogP contribution >= 0.6 is 0 Å². The lowest BCUT2D eigenvalue weighted by Gasteiger charge is -2.07. The molecule has 3 aromatic carbocycles. The van der Waals surface area contributed by atoms with Crippen molar-refractivity contribution in [3.8, 4) is 39.9 Å². The number of ether oxygens (including phenoxy) is 5. The smallest absolute Gasteiger partial charge is 0.344 e. The van der Waals surface area contributed by atoms with Gasteiger partial charge in [-0.2, -0.15) is 0 Å². The van der Waals surface area contributed by atoms with Gasteiger partial charge < -0.3 is 28.1 Å². The Morgan fingerprint density at radius 2 is 1.47 bits per heavy atom. The van der Waals surface area contributed by atoms with Gasteiger partial charge in [0, 0.05) is 11.5 Å². The number of hydrogen-bond acceptors (Lipinski definition) is 8. The van der Waals surface area contributed by atoms with E-state index in [0.717, 1.165) is 0 Å². The van der Waals surface area contributed by atoms with Crippen LogP contribution in [0.1, 0.15) is 10.4 Å². The Morgan fingerprint density at radius 3 is 2.28 bits per heavy atom. The van der Waals surface area contributed by atoms with Crippen LogP contribution in [0, 0.1) is 0 Å². The van der Waals surface area contributed by atoms with Crippen LogP contribution in [-0.2, 0) is 0 Å². The van der Waals surface area contributed by atoms with E-state index in [1.165, 1.54) is 6.07 Å². The minimum absolute atomic E-state index is 0.117. The monoisotopic (exact) mass is 430 g/mol. The molecule has 3 heterocycles. The van der Waals surface area contributed by atoms with Gasteiger partial charge in [-0.05, 0) is 54.1 Å². The molecule has 32 heavy (non-hydrogen) atoms. The first-order valence-corrected chi connectivity index (χ1v) is 9.74. The Balaban J connectivity index is 1.29. The highest BCUT2D eigenvalue weighted by molar-refractivity contribution is 5.92. The fraction of sp³-hybridized carbons (Fsp3) is 0.0833. The van der Waals surface area contributed by atoms with Crippen LogP contribution in [0.25, 0.3) is 22.1 Å². The number of esters is 1. The summed E-state index contributed by atoms with van der Waals surface area (Å²) in [6, 6.07) is 16.6. The van der Waals surface area contributed by atoms with Crippen LogP contribution in [0.4, 0.5) is 0 Å². The van der Waals surface area contributed by atoms with E-state index in [0.29, 0.717) is 50.7 Å². The molecule has 8 heteroatoms. The highest BCUT2D eigenvalue weighted by atomic mass is 16.7. The molecule has 158 valence electrons. The molecule has 0 unspecified atom stereocenters. The Morgan fingerprint density at radius 1 is 0.750 bits per heavy atom. The summed E-state index contributed by atoms with van der Waals surface area (Å²) in [5.74, 6) is 1.95. The van der Waals surface area contributed by atoms with Crippen molar-refractivity contribution in [3.63, 3.8) is 0 Å². The van der Waals surface area contributed by atoms with Crippen LogP contribution in [0.15, 0.2) is 69.9 Å². The van der Waals surface area contributed by atoms with E-state index in [4.69, 9.17) is 28.1 Å². The van der Waals surface area contributed by atoms with Crippen molar-refractivity contribution in [2.45, 2.75) is 0 Å². The van der Waals surface area contributed by atoms with Crippen molar-refractivity contribution in [3.05, 3.63) is 76.6 Å². The fourth-order valence-corrected chi connectivity index (χ4v) is 3.61. The molecule has 0 spiro atoms. The molecule has 1 aromatic heterocycles. The maximum Gasteiger partial charge on any atom is 0.344 e. The molecule has 0 saturated carbocycles. The third kappa shape index (κ3) is 3.09. The number of rotatable bonds is 3. The number of fused-ring (bicyclic) bond motifs is 3. The van der Waals surface area contributed by atoms with Crippen molar-refractivity contribution in [1.29, 1.82) is 0 Å². The predicted molar refractivity (Wildman–Crippen MR) is 112 cm³/mol. The van der Waals surface area contributed by atoms with Gasteiger partial charge in [-0.3, -0.25) is 0 Å². The summed E-state index contributed by atoms with van der Waals surface area (Å²) in [4.78, 5) is 25.1. The highest BCUT2D eigenvalue weighted by Crippen LogP contribution is 2.36. The van der Waals surface area contributed by atoms with E-state index >= 15 is 0 Å². The molecule has 2 aliphatic heterocycles. The zero-order valence-corrected chi connectivity index (χ0v) is 16.5. The van der Waals surface area contributed by atoms with Crippen molar-refractivity contribution in [1.82, 2.24) is 0 Å². The lowest BCUT2D eigenvalue weighted by molar-refractivity contribution is 0.0734.